The van der Waals surface area contributed by atoms with Gasteiger partial charge in [-0.05, 0) is 42.1 Å². The lowest BCUT2D eigenvalue weighted by atomic mass is 9.93. The molecule has 1 aliphatic rings. The van der Waals surface area contributed by atoms with E-state index in [1.807, 2.05) is 78.2 Å². The zero-order chi connectivity index (χ0) is 24.4. The van der Waals surface area contributed by atoms with E-state index in [-0.39, 0.29) is 12.2 Å². The molecule has 0 amide bonds. The van der Waals surface area contributed by atoms with E-state index in [1.54, 1.807) is 29.9 Å². The number of hydrogen-bond acceptors (Lipinski definition) is 7. The van der Waals surface area contributed by atoms with Gasteiger partial charge in [-0.15, -0.1) is 11.3 Å². The summed E-state index contributed by atoms with van der Waals surface area (Å²) in [5, 5.41) is 1.97. The fraction of sp³-hybridized carbons (Fsp3) is 0.148. The van der Waals surface area contributed by atoms with Crippen LogP contribution in [0.15, 0.2) is 87.5 Å². The number of esters is 1. The number of nitrogens with zero attached hydrogens (tertiary/aromatic N) is 2. The van der Waals surface area contributed by atoms with Crippen LogP contribution in [-0.2, 0) is 9.53 Å². The molecule has 0 unspecified atom stereocenters. The van der Waals surface area contributed by atoms with Crippen molar-refractivity contribution < 1.29 is 14.3 Å². The second-order valence-electron chi connectivity index (χ2n) is 7.72. The minimum atomic E-state index is -0.721. The number of rotatable bonds is 6. The average Bonchev–Trinajstić information content (AvgIpc) is 3.51. The molecule has 35 heavy (non-hydrogen) atoms. The van der Waals surface area contributed by atoms with Crippen molar-refractivity contribution in [2.24, 2.45) is 4.99 Å². The number of thiophene rings is 1. The Bertz CT molecular complexity index is 1580. The van der Waals surface area contributed by atoms with Crippen molar-refractivity contribution >= 4 is 40.4 Å². The Kier molecular flexibility index (Phi) is 6.48. The lowest BCUT2D eigenvalue weighted by Crippen LogP contribution is -2.40. The highest BCUT2D eigenvalue weighted by atomic mass is 32.1. The molecule has 1 aliphatic heterocycles. The Hall–Kier alpha value is -3.75. The number of carbonyl (C=O) groups is 1. The third kappa shape index (κ3) is 4.38. The average molecular weight is 503 g/mol. The van der Waals surface area contributed by atoms with Gasteiger partial charge in [0.1, 0.15) is 5.75 Å². The summed E-state index contributed by atoms with van der Waals surface area (Å²) in [6, 6.07) is 20.1. The SMILES string of the molecule is CCOC(=O)C1=C(c2ccccc2)N=c2s/c(=C\c3cccs3)c(=O)n2[C@@H]1c1cccc(OC)c1. The van der Waals surface area contributed by atoms with E-state index in [2.05, 4.69) is 0 Å². The summed E-state index contributed by atoms with van der Waals surface area (Å²) in [7, 11) is 1.59. The van der Waals surface area contributed by atoms with Gasteiger partial charge in [-0.25, -0.2) is 9.79 Å². The maximum absolute atomic E-state index is 13.7. The molecule has 176 valence electrons. The largest absolute Gasteiger partial charge is 0.497 e. The molecule has 3 heterocycles. The Balaban J connectivity index is 1.85. The molecule has 0 saturated heterocycles. The van der Waals surface area contributed by atoms with Gasteiger partial charge in [-0.3, -0.25) is 9.36 Å². The summed E-state index contributed by atoms with van der Waals surface area (Å²) < 4.78 is 13.1. The first-order valence-electron chi connectivity index (χ1n) is 11.1. The van der Waals surface area contributed by atoms with Crippen LogP contribution in [0.1, 0.15) is 29.0 Å². The molecule has 0 bridgehead atoms. The molecule has 0 spiro atoms. The number of aromatic nitrogens is 1. The number of carbonyl (C=O) groups excluding carboxylic acids is 1. The van der Waals surface area contributed by atoms with Crippen LogP contribution >= 0.6 is 22.7 Å². The van der Waals surface area contributed by atoms with Crippen molar-refractivity contribution in [3.63, 3.8) is 0 Å². The molecule has 2 aromatic carbocycles. The lowest BCUT2D eigenvalue weighted by molar-refractivity contribution is -0.138. The van der Waals surface area contributed by atoms with Gasteiger partial charge >= 0.3 is 5.97 Å². The van der Waals surface area contributed by atoms with E-state index in [0.717, 1.165) is 16.0 Å². The second kappa shape index (κ2) is 9.85. The van der Waals surface area contributed by atoms with Gasteiger partial charge in [-0.2, -0.15) is 0 Å². The molecule has 0 saturated carbocycles. The highest BCUT2D eigenvalue weighted by molar-refractivity contribution is 7.11. The van der Waals surface area contributed by atoms with Crippen molar-refractivity contribution in [3.05, 3.63) is 113 Å². The third-order valence-corrected chi connectivity index (χ3v) is 7.40. The fourth-order valence-corrected chi connectivity index (χ4v) is 5.79. The first-order valence-corrected chi connectivity index (χ1v) is 12.8. The lowest BCUT2D eigenvalue weighted by Gasteiger charge is -2.26. The zero-order valence-corrected chi connectivity index (χ0v) is 20.8. The van der Waals surface area contributed by atoms with Gasteiger partial charge in [0.05, 0.1) is 35.6 Å². The molecule has 8 heteroatoms. The summed E-state index contributed by atoms with van der Waals surface area (Å²) in [5.41, 5.74) is 2.13. The van der Waals surface area contributed by atoms with Gasteiger partial charge in [-0.1, -0.05) is 59.9 Å². The van der Waals surface area contributed by atoms with Crippen LogP contribution in [0.5, 0.6) is 5.75 Å². The van der Waals surface area contributed by atoms with Gasteiger partial charge in [0.2, 0.25) is 0 Å². The van der Waals surface area contributed by atoms with Gasteiger partial charge in [0, 0.05) is 10.4 Å². The minimum absolute atomic E-state index is 0.205. The molecule has 1 atom stereocenters. The first kappa shape index (κ1) is 23.0. The van der Waals surface area contributed by atoms with E-state index in [0.29, 0.717) is 26.4 Å². The van der Waals surface area contributed by atoms with E-state index in [4.69, 9.17) is 14.5 Å². The van der Waals surface area contributed by atoms with Crippen LogP contribution in [0, 0.1) is 0 Å². The number of benzene rings is 2. The smallest absolute Gasteiger partial charge is 0.338 e. The summed E-state index contributed by atoms with van der Waals surface area (Å²) in [6.45, 7) is 1.97. The first-order chi connectivity index (χ1) is 17.1. The van der Waals surface area contributed by atoms with Crippen molar-refractivity contribution in [2.75, 3.05) is 13.7 Å². The molecule has 2 aromatic heterocycles. The topological polar surface area (TPSA) is 69.9 Å². The number of ether oxygens (including phenoxy) is 2. The summed E-state index contributed by atoms with van der Waals surface area (Å²) in [5.74, 6) is 0.125. The zero-order valence-electron chi connectivity index (χ0n) is 19.1. The molecule has 6 nitrogen and oxygen atoms in total. The number of fused-ring (bicyclic) bond motifs is 1. The molecule has 0 aliphatic carbocycles. The van der Waals surface area contributed by atoms with Crippen LogP contribution in [-0.4, -0.2) is 24.3 Å². The summed E-state index contributed by atoms with van der Waals surface area (Å²) in [6.07, 6.45) is 1.87. The predicted molar refractivity (Wildman–Crippen MR) is 138 cm³/mol. The second-order valence-corrected chi connectivity index (χ2v) is 9.71. The number of thiazole rings is 1. The van der Waals surface area contributed by atoms with E-state index in [9.17, 15) is 9.59 Å². The predicted octanol–water partition coefficient (Wildman–Crippen LogP) is 4.01. The fourth-order valence-electron chi connectivity index (χ4n) is 4.07. The number of methoxy groups -OCH3 is 1. The van der Waals surface area contributed by atoms with Gasteiger partial charge in [0.25, 0.3) is 5.56 Å². The molecule has 4 aromatic rings. The van der Waals surface area contributed by atoms with Crippen LogP contribution in [0.25, 0.3) is 11.8 Å². The monoisotopic (exact) mass is 502 g/mol. The van der Waals surface area contributed by atoms with Gasteiger partial charge in [0.15, 0.2) is 4.80 Å². The highest BCUT2D eigenvalue weighted by Crippen LogP contribution is 2.36. The minimum Gasteiger partial charge on any atom is -0.497 e. The Labute approximate surface area is 209 Å². The van der Waals surface area contributed by atoms with E-state index < -0.39 is 12.0 Å². The quantitative estimate of drug-likeness (QED) is 0.374. The Morgan fingerprint density at radius 3 is 2.66 bits per heavy atom. The molecule has 0 N–H and O–H groups in total. The Morgan fingerprint density at radius 2 is 1.94 bits per heavy atom. The normalized spacial score (nSPS) is 15.5. The number of hydrogen-bond donors (Lipinski definition) is 0. The Morgan fingerprint density at radius 1 is 1.11 bits per heavy atom. The molecule has 0 radical (unpaired) electrons. The van der Waals surface area contributed by atoms with Crippen LogP contribution < -0.4 is 19.6 Å². The van der Waals surface area contributed by atoms with Crippen LogP contribution in [0.4, 0.5) is 0 Å². The summed E-state index contributed by atoms with van der Waals surface area (Å²) >= 11 is 2.87. The third-order valence-electron chi connectivity index (χ3n) is 5.60. The maximum Gasteiger partial charge on any atom is 0.338 e. The molecular weight excluding hydrogens is 480 g/mol. The standard InChI is InChI=1S/C27H22N2O4S2/c1-3-33-26(31)22-23(17-9-5-4-6-10-17)28-27-29(24(22)18-11-7-12-19(15-18)32-2)25(30)21(35-27)16-20-13-8-14-34-20/h4-16,24H,3H2,1-2H3/b21-16-/t24-/m1/s1. The van der Waals surface area contributed by atoms with E-state index in [1.165, 1.54) is 11.3 Å². The highest BCUT2D eigenvalue weighted by Gasteiger charge is 2.35. The van der Waals surface area contributed by atoms with Gasteiger partial charge < -0.3 is 9.47 Å². The van der Waals surface area contributed by atoms with E-state index >= 15 is 0 Å². The van der Waals surface area contributed by atoms with Crippen molar-refractivity contribution in [3.8, 4) is 5.75 Å². The van der Waals surface area contributed by atoms with Crippen LogP contribution in [0.3, 0.4) is 0 Å². The van der Waals surface area contributed by atoms with Crippen LogP contribution in [0.2, 0.25) is 0 Å². The maximum atomic E-state index is 13.7. The van der Waals surface area contributed by atoms with Crippen molar-refractivity contribution in [2.45, 2.75) is 13.0 Å². The molecule has 5 rings (SSSR count). The van der Waals surface area contributed by atoms with Crippen molar-refractivity contribution in [1.29, 1.82) is 0 Å². The molecule has 0 fully saturated rings. The summed E-state index contributed by atoms with van der Waals surface area (Å²) in [4.78, 5) is 33.5. The van der Waals surface area contributed by atoms with Crippen molar-refractivity contribution in [1.82, 2.24) is 4.57 Å². The molecular formula is C27H22N2O4S2.